The second kappa shape index (κ2) is 7.47. The lowest BCUT2D eigenvalue weighted by molar-refractivity contribution is 0.447. The first-order valence-corrected chi connectivity index (χ1v) is 9.32. The van der Waals surface area contributed by atoms with Crippen molar-refractivity contribution in [2.75, 3.05) is 0 Å². The Morgan fingerprint density at radius 2 is 1.41 bits per heavy atom. The summed E-state index contributed by atoms with van der Waals surface area (Å²) in [7, 11) is 0. The number of rotatable bonds is 3. The smallest absolute Gasteiger partial charge is 0.194 e. The highest BCUT2D eigenvalue weighted by atomic mass is 19.2. The van der Waals surface area contributed by atoms with Crippen LogP contribution in [0, 0.1) is 29.1 Å². The van der Waals surface area contributed by atoms with Gasteiger partial charge in [-0.25, -0.2) is 22.0 Å². The SMILES string of the molecule is CCc1ccc(C2=CCc3c(cc(F)c(-c4cc(F)c(F)c(F)c4)c3F)C2)cc1. The third-order valence-corrected chi connectivity index (χ3v) is 5.35. The molecule has 3 aromatic rings. The van der Waals surface area contributed by atoms with Gasteiger partial charge >= 0.3 is 0 Å². The normalized spacial score (nSPS) is 13.2. The van der Waals surface area contributed by atoms with Crippen molar-refractivity contribution in [3.05, 3.63) is 99.9 Å². The summed E-state index contributed by atoms with van der Waals surface area (Å²) in [4.78, 5) is 0. The number of halogens is 5. The lowest BCUT2D eigenvalue weighted by atomic mass is 9.85. The fourth-order valence-electron chi connectivity index (χ4n) is 3.73. The van der Waals surface area contributed by atoms with Gasteiger partial charge in [0, 0.05) is 0 Å². The van der Waals surface area contributed by atoms with Crippen LogP contribution in [0.3, 0.4) is 0 Å². The Morgan fingerprint density at radius 1 is 0.759 bits per heavy atom. The summed E-state index contributed by atoms with van der Waals surface area (Å²) < 4.78 is 70.1. The van der Waals surface area contributed by atoms with E-state index in [0.29, 0.717) is 24.1 Å². The van der Waals surface area contributed by atoms with Crippen molar-refractivity contribution in [3.63, 3.8) is 0 Å². The van der Waals surface area contributed by atoms with Gasteiger partial charge in [-0.15, -0.1) is 0 Å². The molecule has 1 aliphatic rings. The molecule has 0 nitrogen and oxygen atoms in total. The Balaban J connectivity index is 1.74. The first-order valence-electron chi connectivity index (χ1n) is 9.32. The number of benzene rings is 3. The van der Waals surface area contributed by atoms with Crippen LogP contribution in [0.4, 0.5) is 22.0 Å². The molecule has 0 N–H and O–H groups in total. The predicted molar refractivity (Wildman–Crippen MR) is 103 cm³/mol. The van der Waals surface area contributed by atoms with E-state index in [1.165, 1.54) is 11.6 Å². The Bertz CT molecular complexity index is 1100. The van der Waals surface area contributed by atoms with Crippen molar-refractivity contribution in [1.29, 1.82) is 0 Å². The van der Waals surface area contributed by atoms with Gasteiger partial charge in [-0.2, -0.15) is 0 Å². The molecule has 0 aromatic heterocycles. The lowest BCUT2D eigenvalue weighted by Gasteiger charge is -2.20. The molecule has 0 bridgehead atoms. The Hall–Kier alpha value is -2.95. The van der Waals surface area contributed by atoms with Crippen LogP contribution in [0.25, 0.3) is 16.7 Å². The van der Waals surface area contributed by atoms with E-state index in [4.69, 9.17) is 0 Å². The number of fused-ring (bicyclic) bond motifs is 1. The topological polar surface area (TPSA) is 0 Å². The fraction of sp³-hybridized carbons (Fsp3) is 0.167. The number of allylic oxidation sites excluding steroid dienone is 2. The van der Waals surface area contributed by atoms with Gasteiger partial charge in [0.05, 0.1) is 5.56 Å². The minimum atomic E-state index is -1.67. The predicted octanol–water partition coefficient (Wildman–Crippen LogP) is 6.79. The van der Waals surface area contributed by atoms with E-state index >= 15 is 4.39 Å². The monoisotopic (exact) mass is 400 g/mol. The highest BCUT2D eigenvalue weighted by Crippen LogP contribution is 2.36. The maximum absolute atomic E-state index is 15.1. The highest BCUT2D eigenvalue weighted by molar-refractivity contribution is 5.73. The van der Waals surface area contributed by atoms with Crippen LogP contribution in [0.15, 0.2) is 48.5 Å². The second-order valence-electron chi connectivity index (χ2n) is 7.10. The summed E-state index contributed by atoms with van der Waals surface area (Å²) in [6.45, 7) is 2.06. The molecule has 0 radical (unpaired) electrons. The van der Waals surface area contributed by atoms with E-state index in [9.17, 15) is 17.6 Å². The maximum Gasteiger partial charge on any atom is 0.194 e. The molecular formula is C24H17F5. The Morgan fingerprint density at radius 3 is 2.03 bits per heavy atom. The molecule has 0 spiro atoms. The number of hydrogen-bond acceptors (Lipinski definition) is 0. The molecule has 148 valence electrons. The zero-order chi connectivity index (χ0) is 20.7. The van der Waals surface area contributed by atoms with Crippen LogP contribution in [-0.4, -0.2) is 0 Å². The molecule has 0 heterocycles. The zero-order valence-corrected chi connectivity index (χ0v) is 15.6. The molecule has 0 unspecified atom stereocenters. The molecule has 0 saturated carbocycles. The average Bonchev–Trinajstić information content (AvgIpc) is 2.71. The molecule has 29 heavy (non-hydrogen) atoms. The van der Waals surface area contributed by atoms with Gasteiger partial charge in [0.25, 0.3) is 0 Å². The van der Waals surface area contributed by atoms with E-state index in [-0.39, 0.29) is 17.5 Å². The van der Waals surface area contributed by atoms with Crippen molar-refractivity contribution >= 4 is 5.57 Å². The van der Waals surface area contributed by atoms with Crippen LogP contribution in [0.2, 0.25) is 0 Å². The molecule has 0 atom stereocenters. The van der Waals surface area contributed by atoms with E-state index in [1.54, 1.807) is 0 Å². The molecule has 0 saturated heterocycles. The quantitative estimate of drug-likeness (QED) is 0.335. The van der Waals surface area contributed by atoms with Crippen molar-refractivity contribution in [3.8, 4) is 11.1 Å². The van der Waals surface area contributed by atoms with Gasteiger partial charge in [-0.1, -0.05) is 37.3 Å². The first kappa shape index (κ1) is 19.4. The van der Waals surface area contributed by atoms with Crippen molar-refractivity contribution in [2.24, 2.45) is 0 Å². The maximum atomic E-state index is 15.1. The van der Waals surface area contributed by atoms with Gasteiger partial charge in [0.1, 0.15) is 11.6 Å². The summed E-state index contributed by atoms with van der Waals surface area (Å²) >= 11 is 0. The molecule has 4 rings (SSSR count). The summed E-state index contributed by atoms with van der Waals surface area (Å²) in [5.41, 5.74) is 3.00. The van der Waals surface area contributed by atoms with E-state index in [1.807, 2.05) is 30.3 Å². The van der Waals surface area contributed by atoms with Crippen LogP contribution < -0.4 is 0 Å². The molecule has 3 aromatic carbocycles. The molecule has 1 aliphatic carbocycles. The second-order valence-corrected chi connectivity index (χ2v) is 7.10. The van der Waals surface area contributed by atoms with Crippen molar-refractivity contribution in [2.45, 2.75) is 26.2 Å². The summed E-state index contributed by atoms with van der Waals surface area (Å²) in [6.07, 6.45) is 3.37. The minimum Gasteiger partial charge on any atom is -0.206 e. The fourth-order valence-corrected chi connectivity index (χ4v) is 3.73. The summed E-state index contributed by atoms with van der Waals surface area (Å²) in [6, 6.07) is 10.4. The Labute approximate surface area is 165 Å². The molecule has 0 aliphatic heterocycles. The number of aryl methyl sites for hydroxylation is 1. The largest absolute Gasteiger partial charge is 0.206 e. The van der Waals surface area contributed by atoms with Crippen molar-refractivity contribution in [1.82, 2.24) is 0 Å². The summed E-state index contributed by atoms with van der Waals surface area (Å²) in [5, 5.41) is 0. The van der Waals surface area contributed by atoms with E-state index < -0.39 is 34.6 Å². The van der Waals surface area contributed by atoms with E-state index in [0.717, 1.165) is 17.6 Å². The van der Waals surface area contributed by atoms with Crippen LogP contribution in [-0.2, 0) is 19.3 Å². The standard InChI is InChI=1S/C24H17F5/c1-2-13-3-5-14(6-4-13)15-7-8-18-16(9-15)10-19(25)22(23(18)28)17-11-20(26)24(29)21(27)12-17/h3-7,10-12H,2,8-9H2,1H3. The Kier molecular flexibility index (Phi) is 4.99. The first-order chi connectivity index (χ1) is 13.9. The van der Waals surface area contributed by atoms with Gasteiger partial charge in [0.15, 0.2) is 17.5 Å². The molecule has 0 amide bonds. The highest BCUT2D eigenvalue weighted by Gasteiger charge is 2.24. The average molecular weight is 400 g/mol. The van der Waals surface area contributed by atoms with Crippen LogP contribution >= 0.6 is 0 Å². The summed E-state index contributed by atoms with van der Waals surface area (Å²) in [5.74, 6) is -6.46. The van der Waals surface area contributed by atoms with E-state index in [2.05, 4.69) is 6.92 Å². The third kappa shape index (κ3) is 3.46. The molecular weight excluding hydrogens is 383 g/mol. The minimum absolute atomic E-state index is 0.228. The van der Waals surface area contributed by atoms with Gasteiger partial charge in [-0.3, -0.25) is 0 Å². The van der Waals surface area contributed by atoms with Crippen LogP contribution in [0.5, 0.6) is 0 Å². The van der Waals surface area contributed by atoms with Gasteiger partial charge in [-0.05, 0) is 70.9 Å². The molecule has 5 heteroatoms. The number of hydrogen-bond donors (Lipinski definition) is 0. The molecule has 0 fully saturated rings. The lowest BCUT2D eigenvalue weighted by Crippen LogP contribution is -2.09. The van der Waals surface area contributed by atoms with Gasteiger partial charge < -0.3 is 0 Å². The zero-order valence-electron chi connectivity index (χ0n) is 15.6. The third-order valence-electron chi connectivity index (χ3n) is 5.35. The van der Waals surface area contributed by atoms with Gasteiger partial charge in [0.2, 0.25) is 0 Å². The van der Waals surface area contributed by atoms with Crippen LogP contribution in [0.1, 0.15) is 29.2 Å². The van der Waals surface area contributed by atoms with Crippen molar-refractivity contribution < 1.29 is 22.0 Å².